The quantitative estimate of drug-likeness (QED) is 0.468. The predicted molar refractivity (Wildman–Crippen MR) is 91.4 cm³/mol. The summed E-state index contributed by atoms with van der Waals surface area (Å²) in [6.45, 7) is 11.9. The lowest BCUT2D eigenvalue weighted by atomic mass is 9.95. The van der Waals surface area contributed by atoms with Crippen molar-refractivity contribution in [3.05, 3.63) is 97.1 Å². The van der Waals surface area contributed by atoms with Crippen LogP contribution in [0, 0.1) is 0 Å². The Hall–Kier alpha value is -2.34. The van der Waals surface area contributed by atoms with Crippen molar-refractivity contribution in [3.63, 3.8) is 0 Å². The van der Waals surface area contributed by atoms with Crippen LogP contribution in [0.3, 0.4) is 0 Å². The van der Waals surface area contributed by atoms with Crippen LogP contribution in [0.25, 0.3) is 11.1 Å². The monoisotopic (exact) mass is 262 g/mol. The second kappa shape index (κ2) is 8.71. The number of allylic oxidation sites excluding steroid dienone is 4. The smallest absolute Gasteiger partial charge is 0.0112 e. The van der Waals surface area contributed by atoms with Crippen LogP contribution in [-0.4, -0.2) is 0 Å². The Balaban J connectivity index is 0.000000956. The summed E-state index contributed by atoms with van der Waals surface area (Å²) in [5.41, 5.74) is 4.53. The van der Waals surface area contributed by atoms with Crippen LogP contribution in [0.15, 0.2) is 86.0 Å². The Labute approximate surface area is 122 Å². The minimum absolute atomic E-state index is 1.11. The van der Waals surface area contributed by atoms with E-state index in [0.717, 1.165) is 22.3 Å². The molecule has 0 unspecified atom stereocenters. The van der Waals surface area contributed by atoms with Crippen molar-refractivity contribution in [1.29, 1.82) is 0 Å². The molecule has 0 atom stereocenters. The topological polar surface area (TPSA) is 0 Å². The van der Waals surface area contributed by atoms with Crippen molar-refractivity contribution in [2.24, 2.45) is 0 Å². The largest absolute Gasteiger partial charge is 0.0984 e. The molecule has 2 aromatic rings. The molecule has 0 heteroatoms. The molecule has 0 spiro atoms. The Kier molecular flexibility index (Phi) is 6.84. The van der Waals surface area contributed by atoms with Gasteiger partial charge in [0.2, 0.25) is 0 Å². The van der Waals surface area contributed by atoms with Gasteiger partial charge < -0.3 is 0 Å². The summed E-state index contributed by atoms with van der Waals surface area (Å²) in [5.74, 6) is 0. The molecule has 0 fully saturated rings. The van der Waals surface area contributed by atoms with E-state index in [9.17, 15) is 0 Å². The van der Waals surface area contributed by atoms with E-state index >= 15 is 0 Å². The Morgan fingerprint density at radius 1 is 0.650 bits per heavy atom. The van der Waals surface area contributed by atoms with E-state index in [1.54, 1.807) is 0 Å². The van der Waals surface area contributed by atoms with Crippen LogP contribution in [0.4, 0.5) is 0 Å². The van der Waals surface area contributed by atoms with E-state index in [1.165, 1.54) is 0 Å². The van der Waals surface area contributed by atoms with Gasteiger partial charge in [0.1, 0.15) is 0 Å². The molecule has 0 saturated carbocycles. The van der Waals surface area contributed by atoms with E-state index in [1.807, 2.05) is 62.4 Å². The minimum atomic E-state index is 1.11. The highest BCUT2D eigenvalue weighted by Crippen LogP contribution is 2.27. The molecule has 20 heavy (non-hydrogen) atoms. The fourth-order valence-corrected chi connectivity index (χ4v) is 2.00. The third-order valence-corrected chi connectivity index (χ3v) is 2.87. The van der Waals surface area contributed by atoms with E-state index in [4.69, 9.17) is 0 Å². The molecular formula is C20H22. The zero-order valence-electron chi connectivity index (χ0n) is 12.3. The first-order valence-electron chi connectivity index (χ1n) is 6.97. The van der Waals surface area contributed by atoms with Gasteiger partial charge in [-0.2, -0.15) is 0 Å². The summed E-state index contributed by atoms with van der Waals surface area (Å²) in [6.07, 6.45) is 3.78. The van der Waals surface area contributed by atoms with Gasteiger partial charge in [0.05, 0.1) is 0 Å². The molecule has 0 radical (unpaired) electrons. The zero-order chi connectivity index (χ0) is 14.8. The van der Waals surface area contributed by atoms with Gasteiger partial charge in [0, 0.05) is 0 Å². The highest BCUT2D eigenvalue weighted by atomic mass is 14.1. The van der Waals surface area contributed by atoms with Crippen molar-refractivity contribution >= 4 is 11.1 Å². The fourth-order valence-electron chi connectivity index (χ4n) is 2.00. The van der Waals surface area contributed by atoms with Crippen LogP contribution in [-0.2, 0) is 0 Å². The van der Waals surface area contributed by atoms with Crippen molar-refractivity contribution in [2.75, 3.05) is 0 Å². The van der Waals surface area contributed by atoms with E-state index in [2.05, 4.69) is 37.4 Å². The molecule has 0 aliphatic heterocycles. The van der Waals surface area contributed by atoms with Gasteiger partial charge in [-0.15, -0.1) is 0 Å². The molecule has 2 rings (SSSR count). The molecule has 0 saturated heterocycles. The number of benzene rings is 2. The van der Waals surface area contributed by atoms with Gasteiger partial charge in [-0.3, -0.25) is 0 Å². The van der Waals surface area contributed by atoms with Crippen molar-refractivity contribution < 1.29 is 0 Å². The summed E-state index contributed by atoms with van der Waals surface area (Å²) >= 11 is 0. The summed E-state index contributed by atoms with van der Waals surface area (Å²) in [5, 5.41) is 0. The number of rotatable bonds is 4. The first kappa shape index (κ1) is 15.7. The number of hydrogen-bond acceptors (Lipinski definition) is 0. The molecule has 0 aromatic heterocycles. The third kappa shape index (κ3) is 3.83. The molecule has 0 nitrogen and oxygen atoms in total. The SMILES string of the molecule is C=C/C(=C(\C=C)c1ccccc1)c1ccccc1.CC. The van der Waals surface area contributed by atoms with Crippen LogP contribution >= 0.6 is 0 Å². The molecule has 0 amide bonds. The van der Waals surface area contributed by atoms with Gasteiger partial charge in [0.15, 0.2) is 0 Å². The summed E-state index contributed by atoms with van der Waals surface area (Å²) in [6, 6.07) is 20.5. The normalized spacial score (nSPS) is 10.7. The maximum absolute atomic E-state index is 3.93. The molecular weight excluding hydrogens is 240 g/mol. The van der Waals surface area contributed by atoms with Crippen LogP contribution in [0.2, 0.25) is 0 Å². The second-order valence-electron chi connectivity index (χ2n) is 3.97. The Morgan fingerprint density at radius 3 is 1.20 bits per heavy atom. The van der Waals surface area contributed by atoms with E-state index in [-0.39, 0.29) is 0 Å². The van der Waals surface area contributed by atoms with Gasteiger partial charge >= 0.3 is 0 Å². The second-order valence-corrected chi connectivity index (χ2v) is 3.97. The van der Waals surface area contributed by atoms with Crippen LogP contribution in [0.1, 0.15) is 25.0 Å². The van der Waals surface area contributed by atoms with Gasteiger partial charge in [-0.25, -0.2) is 0 Å². The summed E-state index contributed by atoms with van der Waals surface area (Å²) in [7, 11) is 0. The van der Waals surface area contributed by atoms with E-state index in [0.29, 0.717) is 0 Å². The lowest BCUT2D eigenvalue weighted by molar-refractivity contribution is 1.50. The highest BCUT2D eigenvalue weighted by molar-refractivity contribution is 5.99. The number of hydrogen-bond donors (Lipinski definition) is 0. The zero-order valence-corrected chi connectivity index (χ0v) is 12.3. The molecule has 2 aromatic carbocycles. The van der Waals surface area contributed by atoms with Gasteiger partial charge in [-0.05, 0) is 22.3 Å². The maximum atomic E-state index is 3.93. The van der Waals surface area contributed by atoms with Crippen LogP contribution < -0.4 is 0 Å². The Morgan fingerprint density at radius 2 is 0.950 bits per heavy atom. The van der Waals surface area contributed by atoms with Gasteiger partial charge in [0.25, 0.3) is 0 Å². The average Bonchev–Trinajstić information content (AvgIpc) is 2.56. The van der Waals surface area contributed by atoms with Crippen molar-refractivity contribution in [2.45, 2.75) is 13.8 Å². The summed E-state index contributed by atoms with van der Waals surface area (Å²) in [4.78, 5) is 0. The molecule has 0 aliphatic rings. The molecule has 0 heterocycles. The van der Waals surface area contributed by atoms with Gasteiger partial charge in [-0.1, -0.05) is 99.8 Å². The molecule has 0 N–H and O–H groups in total. The maximum Gasteiger partial charge on any atom is -0.0112 e. The first-order valence-corrected chi connectivity index (χ1v) is 6.97. The standard InChI is InChI=1S/C18H16.C2H6/c1-3-17(15-11-7-5-8-12-15)18(4-2)16-13-9-6-10-14-16;1-2/h3-14H,1-2H2;1-2H3/b18-17-;. The molecule has 102 valence electrons. The first-order chi connectivity index (χ1) is 9.86. The van der Waals surface area contributed by atoms with E-state index < -0.39 is 0 Å². The molecule has 0 aliphatic carbocycles. The lowest BCUT2D eigenvalue weighted by Crippen LogP contribution is -1.87. The van der Waals surface area contributed by atoms with Crippen LogP contribution in [0.5, 0.6) is 0 Å². The highest BCUT2D eigenvalue weighted by Gasteiger charge is 2.05. The average molecular weight is 262 g/mol. The molecule has 0 bridgehead atoms. The van der Waals surface area contributed by atoms with Crippen molar-refractivity contribution in [1.82, 2.24) is 0 Å². The Bertz CT molecular complexity index is 506. The lowest BCUT2D eigenvalue weighted by Gasteiger charge is -2.09. The minimum Gasteiger partial charge on any atom is -0.0984 e. The summed E-state index contributed by atoms with van der Waals surface area (Å²) < 4.78 is 0. The fraction of sp³-hybridized carbons (Fsp3) is 0.100. The third-order valence-electron chi connectivity index (χ3n) is 2.87. The predicted octanol–water partition coefficient (Wildman–Crippen LogP) is 6.00. The van der Waals surface area contributed by atoms with Crippen molar-refractivity contribution in [3.8, 4) is 0 Å².